The van der Waals surface area contributed by atoms with Gasteiger partial charge in [-0.1, -0.05) is 39.3 Å². The van der Waals surface area contributed by atoms with E-state index in [4.69, 9.17) is 0 Å². The molecule has 1 aromatic carbocycles. The molecule has 136 valence electrons. The van der Waals surface area contributed by atoms with Crippen molar-refractivity contribution in [2.24, 2.45) is 11.3 Å². The van der Waals surface area contributed by atoms with Crippen molar-refractivity contribution in [3.8, 4) is 6.07 Å². The number of nitrogens with zero attached hydrogens (tertiary/aromatic N) is 1. The van der Waals surface area contributed by atoms with E-state index in [1.807, 2.05) is 24.3 Å². The van der Waals surface area contributed by atoms with Gasteiger partial charge in [-0.05, 0) is 70.9 Å². The van der Waals surface area contributed by atoms with Crippen LogP contribution in [0.2, 0.25) is 0 Å². The Morgan fingerprint density at radius 3 is 2.81 bits per heavy atom. The number of hydrogen-bond donors (Lipinski definition) is 1. The molecule has 5 heteroatoms. The molecule has 0 saturated heterocycles. The maximum Gasteiger partial charge on any atom is 0.257 e. The molecule has 2 aromatic rings. The number of carbonyl (C=O) groups is 1. The Bertz CT molecular complexity index is 879. The minimum absolute atomic E-state index is 0.143. The zero-order valence-corrected chi connectivity index (χ0v) is 18.3. The first-order chi connectivity index (χ1) is 12.4. The fourth-order valence-electron chi connectivity index (χ4n) is 3.56. The first-order valence-corrected chi connectivity index (χ1v) is 10.9. The molecule has 0 fully saturated rings. The molecule has 0 radical (unpaired) electrons. The van der Waals surface area contributed by atoms with Crippen molar-refractivity contribution < 1.29 is 4.79 Å². The molecular formula is C21H23IN2OS. The lowest BCUT2D eigenvalue weighted by Crippen LogP contribution is -2.28. The highest BCUT2D eigenvalue weighted by Crippen LogP contribution is 2.45. The zero-order valence-electron chi connectivity index (χ0n) is 15.4. The van der Waals surface area contributed by atoms with Crippen molar-refractivity contribution in [3.05, 3.63) is 49.4 Å². The van der Waals surface area contributed by atoms with Crippen LogP contribution in [0.25, 0.3) is 0 Å². The summed E-state index contributed by atoms with van der Waals surface area (Å²) in [4.78, 5) is 13.9. The minimum atomic E-state index is -0.143. The van der Waals surface area contributed by atoms with Gasteiger partial charge in [-0.2, -0.15) is 5.26 Å². The maximum atomic E-state index is 12.7. The minimum Gasteiger partial charge on any atom is -0.312 e. The Hall–Kier alpha value is -1.39. The quantitative estimate of drug-likeness (QED) is 0.547. The fraction of sp³-hybridized carbons (Fsp3) is 0.429. The maximum absolute atomic E-state index is 12.7. The molecular weight excluding hydrogens is 455 g/mol. The number of carbonyl (C=O) groups excluding carboxylic acids is 1. The summed E-state index contributed by atoms with van der Waals surface area (Å²) in [6.45, 7) is 6.92. The van der Waals surface area contributed by atoms with Crippen LogP contribution in [-0.2, 0) is 12.8 Å². The predicted molar refractivity (Wildman–Crippen MR) is 116 cm³/mol. The van der Waals surface area contributed by atoms with Gasteiger partial charge < -0.3 is 5.32 Å². The highest BCUT2D eigenvalue weighted by atomic mass is 127. The average molecular weight is 478 g/mol. The van der Waals surface area contributed by atoms with Gasteiger partial charge in [0.1, 0.15) is 11.1 Å². The lowest BCUT2D eigenvalue weighted by atomic mass is 9.69. The fourth-order valence-corrected chi connectivity index (χ4v) is 5.47. The Morgan fingerprint density at radius 2 is 2.15 bits per heavy atom. The van der Waals surface area contributed by atoms with E-state index >= 15 is 0 Å². The third-order valence-electron chi connectivity index (χ3n) is 5.74. The zero-order chi connectivity index (χ0) is 18.9. The Kier molecular flexibility index (Phi) is 5.73. The molecule has 26 heavy (non-hydrogen) atoms. The summed E-state index contributed by atoms with van der Waals surface area (Å²) in [5, 5.41) is 13.4. The molecule has 1 heterocycles. The number of fused-ring (bicyclic) bond motifs is 1. The molecule has 1 atom stereocenters. The van der Waals surface area contributed by atoms with Crippen LogP contribution in [0.4, 0.5) is 5.00 Å². The molecule has 0 spiro atoms. The van der Waals surface area contributed by atoms with E-state index < -0.39 is 0 Å². The number of nitrogens with one attached hydrogen (secondary N) is 1. The van der Waals surface area contributed by atoms with Crippen LogP contribution in [0.3, 0.4) is 0 Å². The van der Waals surface area contributed by atoms with Gasteiger partial charge in [0.2, 0.25) is 0 Å². The van der Waals surface area contributed by atoms with Crippen LogP contribution < -0.4 is 5.32 Å². The smallest absolute Gasteiger partial charge is 0.257 e. The molecule has 0 bridgehead atoms. The van der Waals surface area contributed by atoms with Gasteiger partial charge in [0.25, 0.3) is 5.91 Å². The van der Waals surface area contributed by atoms with E-state index in [9.17, 15) is 10.1 Å². The molecule has 0 saturated carbocycles. The lowest BCUT2D eigenvalue weighted by Gasteiger charge is -2.36. The van der Waals surface area contributed by atoms with Gasteiger partial charge in [0.05, 0.1) is 11.1 Å². The van der Waals surface area contributed by atoms with Crippen LogP contribution in [0.15, 0.2) is 24.3 Å². The highest BCUT2D eigenvalue weighted by Gasteiger charge is 2.34. The number of amides is 1. The SMILES string of the molecule is CCC(C)(C)C1CCc2c(sc(NC(=O)c3ccccc3I)c2C#N)C1. The van der Waals surface area contributed by atoms with E-state index in [0.717, 1.165) is 34.8 Å². The molecule has 1 N–H and O–H groups in total. The largest absolute Gasteiger partial charge is 0.312 e. The first kappa shape index (κ1) is 19.4. The molecule has 1 amide bonds. The van der Waals surface area contributed by atoms with E-state index in [2.05, 4.69) is 54.7 Å². The summed E-state index contributed by atoms with van der Waals surface area (Å²) in [5.41, 5.74) is 2.77. The highest BCUT2D eigenvalue weighted by molar-refractivity contribution is 14.1. The van der Waals surface area contributed by atoms with Crippen molar-refractivity contribution in [1.29, 1.82) is 5.26 Å². The number of rotatable bonds is 4. The molecule has 1 unspecified atom stereocenters. The second kappa shape index (κ2) is 7.69. The predicted octanol–water partition coefficient (Wildman–Crippen LogP) is 6.02. The van der Waals surface area contributed by atoms with Crippen molar-refractivity contribution in [2.45, 2.75) is 46.5 Å². The standard InChI is InChI=1S/C21H23IN2OS/c1-4-21(2,3)13-9-10-14-16(12-23)20(26-18(14)11-13)24-19(25)15-7-5-6-8-17(15)22/h5-8,13H,4,9-11H2,1-3H3,(H,24,25). The average Bonchev–Trinajstić information content (AvgIpc) is 2.97. The molecule has 3 rings (SSSR count). The van der Waals surface area contributed by atoms with Gasteiger partial charge in [-0.25, -0.2) is 0 Å². The second-order valence-electron chi connectivity index (χ2n) is 7.54. The Balaban J connectivity index is 1.88. The Morgan fingerprint density at radius 1 is 1.42 bits per heavy atom. The topological polar surface area (TPSA) is 52.9 Å². The van der Waals surface area contributed by atoms with Crippen LogP contribution in [0.1, 0.15) is 60.0 Å². The Labute approximate surface area is 173 Å². The third kappa shape index (κ3) is 3.67. The summed E-state index contributed by atoms with van der Waals surface area (Å²) < 4.78 is 0.909. The molecule has 0 aliphatic heterocycles. The van der Waals surface area contributed by atoms with Gasteiger partial charge in [-0.15, -0.1) is 11.3 Å². The first-order valence-electron chi connectivity index (χ1n) is 8.98. The number of nitriles is 1. The summed E-state index contributed by atoms with van der Waals surface area (Å²) in [5.74, 6) is 0.486. The monoisotopic (exact) mass is 478 g/mol. The summed E-state index contributed by atoms with van der Waals surface area (Å²) >= 11 is 3.75. The molecule has 1 aromatic heterocycles. The lowest BCUT2D eigenvalue weighted by molar-refractivity contribution is 0.102. The van der Waals surface area contributed by atoms with Crippen molar-refractivity contribution >= 4 is 44.8 Å². The van der Waals surface area contributed by atoms with Gasteiger partial charge in [0.15, 0.2) is 0 Å². The number of benzene rings is 1. The number of halogens is 1. The van der Waals surface area contributed by atoms with Gasteiger partial charge in [0, 0.05) is 8.45 Å². The van der Waals surface area contributed by atoms with E-state index in [1.54, 1.807) is 11.3 Å². The van der Waals surface area contributed by atoms with E-state index in [1.165, 1.54) is 4.88 Å². The molecule has 1 aliphatic rings. The van der Waals surface area contributed by atoms with Gasteiger partial charge >= 0.3 is 0 Å². The number of anilines is 1. The van der Waals surface area contributed by atoms with Crippen LogP contribution in [-0.4, -0.2) is 5.91 Å². The van der Waals surface area contributed by atoms with Crippen LogP contribution in [0.5, 0.6) is 0 Å². The van der Waals surface area contributed by atoms with Crippen molar-refractivity contribution in [1.82, 2.24) is 0 Å². The normalized spacial score (nSPS) is 16.7. The summed E-state index contributed by atoms with van der Waals surface area (Å²) in [6.07, 6.45) is 4.21. The number of thiophene rings is 1. The second-order valence-corrected chi connectivity index (χ2v) is 9.80. The van der Waals surface area contributed by atoms with Crippen molar-refractivity contribution in [2.75, 3.05) is 5.32 Å². The van der Waals surface area contributed by atoms with E-state index in [-0.39, 0.29) is 5.91 Å². The molecule has 3 nitrogen and oxygen atoms in total. The van der Waals surface area contributed by atoms with Gasteiger partial charge in [-0.3, -0.25) is 4.79 Å². The van der Waals surface area contributed by atoms with Crippen LogP contribution in [0, 0.1) is 26.2 Å². The molecule has 1 aliphatic carbocycles. The number of hydrogen-bond acceptors (Lipinski definition) is 3. The van der Waals surface area contributed by atoms with Crippen molar-refractivity contribution in [3.63, 3.8) is 0 Å². The summed E-state index contributed by atoms with van der Waals surface area (Å²) in [7, 11) is 0. The third-order valence-corrected chi connectivity index (χ3v) is 7.85. The summed E-state index contributed by atoms with van der Waals surface area (Å²) in [6, 6.07) is 9.84. The van der Waals surface area contributed by atoms with E-state index in [0.29, 0.717) is 27.5 Å². The van der Waals surface area contributed by atoms with Crippen LogP contribution >= 0.6 is 33.9 Å².